The molecule has 0 heterocycles. The van der Waals surface area contributed by atoms with E-state index in [1.807, 2.05) is 0 Å². The largest absolute Gasteiger partial charge is 4.00 e. The van der Waals surface area contributed by atoms with Gasteiger partial charge in [-0.15, -0.1) is 0 Å². The van der Waals surface area contributed by atoms with Crippen LogP contribution >= 0.6 is 75.7 Å². The molecule has 0 fully saturated rings. The second-order valence-corrected chi connectivity index (χ2v) is 4.42. The molecule has 12 nitrogen and oxygen atoms in total. The van der Waals surface area contributed by atoms with E-state index in [1.54, 1.807) is 75.7 Å². The first-order valence-corrected chi connectivity index (χ1v) is 8.49. The first-order chi connectivity index (χ1) is 11.2. The van der Waals surface area contributed by atoms with Gasteiger partial charge in [0.15, 0.2) is 0 Å². The van der Waals surface area contributed by atoms with Gasteiger partial charge >= 0.3 is 50.4 Å². The van der Waals surface area contributed by atoms with Gasteiger partial charge < -0.3 is 55.6 Å². The molecule has 0 saturated heterocycles. The zero-order valence-corrected chi connectivity index (χ0v) is 23.7. The van der Waals surface area contributed by atoms with Gasteiger partial charge in [0.05, 0.1) is 0 Å². The predicted octanol–water partition coefficient (Wildman–Crippen LogP) is -4.22. The van der Waals surface area contributed by atoms with Crippen LogP contribution in [0.4, 0.5) is 0 Å². The van der Waals surface area contributed by atoms with E-state index in [9.17, 15) is 20.1 Å². The Hall–Kier alpha value is 3.91. The smallest absolute Gasteiger partial charge is 0.831 e. The van der Waals surface area contributed by atoms with Crippen molar-refractivity contribution in [3.05, 3.63) is 0 Å². The zero-order chi connectivity index (χ0) is 20.0. The van der Waals surface area contributed by atoms with Gasteiger partial charge in [-0.2, -0.15) is 0 Å². The molecule has 0 amide bonds. The average molecular weight is 694 g/mol. The second kappa shape index (κ2) is 35.4. The molecule has 0 aromatic heterocycles. The Morgan fingerprint density at radius 2 is 0.440 bits per heavy atom. The Morgan fingerprint density at radius 1 is 0.360 bits per heavy atom. The summed E-state index contributed by atoms with van der Waals surface area (Å²) in [6, 6.07) is 0. The molecule has 150 valence electrons. The van der Waals surface area contributed by atoms with Crippen molar-refractivity contribution < 1.29 is 76.7 Å². The summed E-state index contributed by atoms with van der Waals surface area (Å²) in [4.78, 5) is 0. The van der Waals surface area contributed by atoms with Gasteiger partial charge in [-0.25, -0.2) is 0 Å². The van der Waals surface area contributed by atoms with Gasteiger partial charge in [0.25, 0.3) is 0 Å². The fourth-order valence-electron chi connectivity index (χ4n) is 0.128. The standard InChI is InChI=1S/4BH4O3P2.Pt/c4*2-1(3-5)4-6;/h4*5-6H2;/q4*-1;+4. The summed E-state index contributed by atoms with van der Waals surface area (Å²) in [5.41, 5.74) is 0. The van der Waals surface area contributed by atoms with Crippen LogP contribution in [0.2, 0.25) is 0 Å². The van der Waals surface area contributed by atoms with Crippen molar-refractivity contribution in [3.8, 4) is 0 Å². The maximum atomic E-state index is 9.78. The average Bonchev–Trinajstić information content (AvgIpc) is 2.66. The molecule has 0 aliphatic rings. The van der Waals surface area contributed by atoms with Crippen molar-refractivity contribution in [3.63, 3.8) is 0 Å². The molecule has 25 heavy (non-hydrogen) atoms. The molecule has 0 saturated carbocycles. The number of hydrogen-bond donors (Lipinski definition) is 0. The summed E-state index contributed by atoms with van der Waals surface area (Å²) in [5, 5.41) is 39.1. The molecule has 0 radical (unpaired) electrons. The SMILES string of the molecule is [O-]B(OP)OP.[O-]B(OP)OP.[O-]B(OP)OP.[O-]B(OP)OP.[Pt+4]. The van der Waals surface area contributed by atoms with E-state index in [2.05, 4.69) is 35.5 Å². The first-order valence-electron chi connectivity index (χ1n) is 4.71. The molecular formula is H16B4O12P8Pt. The third kappa shape index (κ3) is 47.3. The van der Waals surface area contributed by atoms with Crippen LogP contribution in [-0.2, 0) is 56.6 Å². The van der Waals surface area contributed by atoms with Gasteiger partial charge in [0.2, 0.25) is 0 Å². The van der Waals surface area contributed by atoms with E-state index in [4.69, 9.17) is 0 Å². The van der Waals surface area contributed by atoms with Crippen LogP contribution in [0.25, 0.3) is 0 Å². The minimum atomic E-state index is -1.39. The quantitative estimate of drug-likeness (QED) is 0.178. The first kappa shape index (κ1) is 39.4. The van der Waals surface area contributed by atoms with Crippen molar-refractivity contribution in [2.45, 2.75) is 0 Å². The number of hydrogen-bond acceptors (Lipinski definition) is 12. The van der Waals surface area contributed by atoms with Crippen molar-refractivity contribution in [1.29, 1.82) is 0 Å². The molecule has 0 aromatic rings. The van der Waals surface area contributed by atoms with E-state index in [-0.39, 0.29) is 21.1 Å². The molecule has 0 bridgehead atoms. The van der Waals surface area contributed by atoms with E-state index in [1.165, 1.54) is 0 Å². The summed E-state index contributed by atoms with van der Waals surface area (Å²) < 4.78 is 32.1. The maximum Gasteiger partial charge on any atom is 4.00 e. The summed E-state index contributed by atoms with van der Waals surface area (Å²) in [5.74, 6) is 0. The fraction of sp³-hybridized carbons (Fsp3) is 0. The van der Waals surface area contributed by atoms with Crippen molar-refractivity contribution in [2.24, 2.45) is 0 Å². The van der Waals surface area contributed by atoms with E-state index < -0.39 is 29.3 Å². The Bertz CT molecular complexity index is 158. The van der Waals surface area contributed by atoms with Crippen LogP contribution < -0.4 is 20.1 Å². The van der Waals surface area contributed by atoms with Crippen LogP contribution in [0.3, 0.4) is 0 Å². The molecule has 0 aliphatic heterocycles. The molecule has 0 rings (SSSR count). The van der Waals surface area contributed by atoms with Gasteiger partial charge in [0, 0.05) is 0 Å². The maximum absolute atomic E-state index is 9.78. The minimum absolute atomic E-state index is 0. The third-order valence-electron chi connectivity index (χ3n) is 0.889. The Kier molecular flexibility index (Phi) is 55.7. The van der Waals surface area contributed by atoms with Crippen LogP contribution in [0.15, 0.2) is 0 Å². The van der Waals surface area contributed by atoms with Crippen molar-refractivity contribution in [1.82, 2.24) is 0 Å². The molecule has 0 N–H and O–H groups in total. The van der Waals surface area contributed by atoms with Gasteiger partial charge in [-0.1, -0.05) is 0 Å². The Balaban J connectivity index is -0.0000000702. The monoisotopic (exact) mass is 695 g/mol. The summed E-state index contributed by atoms with van der Waals surface area (Å²) in [6.07, 6.45) is 0. The molecule has 25 heteroatoms. The van der Waals surface area contributed by atoms with Crippen LogP contribution in [0.1, 0.15) is 0 Å². The summed E-state index contributed by atoms with van der Waals surface area (Å²) in [7, 11) is 8.75. The van der Waals surface area contributed by atoms with Gasteiger partial charge in [-0.3, -0.25) is 0 Å². The number of rotatable bonds is 8. The van der Waals surface area contributed by atoms with Crippen LogP contribution in [-0.4, -0.2) is 29.3 Å². The Labute approximate surface area is 181 Å². The van der Waals surface area contributed by atoms with Gasteiger partial charge in [-0.05, 0) is 75.7 Å². The van der Waals surface area contributed by atoms with Crippen LogP contribution in [0, 0.1) is 0 Å². The normalized spacial score (nSPS) is 8.16. The van der Waals surface area contributed by atoms with E-state index in [0.717, 1.165) is 0 Å². The molecule has 0 aromatic carbocycles. The Morgan fingerprint density at radius 3 is 0.440 bits per heavy atom. The topological polar surface area (TPSA) is 166 Å². The zero-order valence-electron chi connectivity index (χ0n) is 12.1. The summed E-state index contributed by atoms with van der Waals surface area (Å²) >= 11 is 0. The molecule has 8 atom stereocenters. The molecular weight excluding hydrogens is 678 g/mol. The molecule has 0 spiro atoms. The molecule has 8 unspecified atom stereocenters. The fourth-order valence-corrected chi connectivity index (χ4v) is 1.15. The predicted molar refractivity (Wildman–Crippen MR) is 109 cm³/mol. The summed E-state index contributed by atoms with van der Waals surface area (Å²) in [6.45, 7) is 0. The third-order valence-corrected chi connectivity index (χ3v) is 2.67. The van der Waals surface area contributed by atoms with E-state index in [0.29, 0.717) is 0 Å². The minimum Gasteiger partial charge on any atom is -0.831 e. The van der Waals surface area contributed by atoms with Crippen LogP contribution in [0.5, 0.6) is 0 Å². The van der Waals surface area contributed by atoms with Crippen molar-refractivity contribution in [2.75, 3.05) is 0 Å². The molecule has 0 aliphatic carbocycles. The van der Waals surface area contributed by atoms with Gasteiger partial charge in [0.1, 0.15) is 0 Å². The van der Waals surface area contributed by atoms with Crippen molar-refractivity contribution >= 4 is 105 Å². The second-order valence-electron chi connectivity index (χ2n) is 2.24. The van der Waals surface area contributed by atoms with E-state index >= 15 is 0 Å².